The largest absolute Gasteiger partial charge is 0.291 e. The second kappa shape index (κ2) is 7.76. The van der Waals surface area contributed by atoms with Crippen LogP contribution in [0.1, 0.15) is 16.8 Å². The zero-order valence-corrected chi connectivity index (χ0v) is 17.2. The molecule has 0 saturated heterocycles. The summed E-state index contributed by atoms with van der Waals surface area (Å²) in [5, 5.41) is 1.31. The van der Waals surface area contributed by atoms with Gasteiger partial charge >= 0.3 is 0 Å². The van der Waals surface area contributed by atoms with Gasteiger partial charge in [-0.2, -0.15) is 0 Å². The summed E-state index contributed by atoms with van der Waals surface area (Å²) in [5.41, 5.74) is 3.83. The Morgan fingerprint density at radius 3 is 2.67 bits per heavy atom. The highest BCUT2D eigenvalue weighted by atomic mass is 32.2. The van der Waals surface area contributed by atoms with Gasteiger partial charge in [0.05, 0.1) is 23.1 Å². The van der Waals surface area contributed by atoms with Gasteiger partial charge < -0.3 is 0 Å². The molecule has 30 heavy (non-hydrogen) atoms. The highest BCUT2D eigenvalue weighted by Gasteiger charge is 2.13. The van der Waals surface area contributed by atoms with Crippen molar-refractivity contribution in [3.63, 3.8) is 0 Å². The first-order valence-corrected chi connectivity index (χ1v) is 10.6. The van der Waals surface area contributed by atoms with Gasteiger partial charge in [-0.05, 0) is 30.7 Å². The third kappa shape index (κ3) is 3.59. The van der Waals surface area contributed by atoms with Crippen molar-refractivity contribution in [3.8, 4) is 0 Å². The lowest BCUT2D eigenvalue weighted by Crippen LogP contribution is -2.24. The predicted molar refractivity (Wildman–Crippen MR) is 119 cm³/mol. The van der Waals surface area contributed by atoms with Gasteiger partial charge in [0, 0.05) is 24.3 Å². The van der Waals surface area contributed by atoms with E-state index in [0.717, 1.165) is 11.3 Å². The molecule has 6 nitrogen and oxygen atoms in total. The summed E-state index contributed by atoms with van der Waals surface area (Å²) in [7, 11) is 0. The van der Waals surface area contributed by atoms with Crippen LogP contribution in [-0.4, -0.2) is 23.9 Å². The van der Waals surface area contributed by atoms with E-state index in [1.165, 1.54) is 17.3 Å². The van der Waals surface area contributed by atoms with Crippen LogP contribution < -0.4 is 5.56 Å². The van der Waals surface area contributed by atoms with Gasteiger partial charge in [-0.15, -0.1) is 0 Å². The van der Waals surface area contributed by atoms with Crippen LogP contribution in [-0.2, 0) is 12.3 Å². The van der Waals surface area contributed by atoms with Crippen molar-refractivity contribution in [2.24, 2.45) is 0 Å². The van der Waals surface area contributed by atoms with Crippen LogP contribution in [0.5, 0.6) is 0 Å². The van der Waals surface area contributed by atoms with E-state index >= 15 is 0 Å². The summed E-state index contributed by atoms with van der Waals surface area (Å²) in [6.45, 7) is 2.53. The number of aryl methyl sites for hydroxylation is 1. The van der Waals surface area contributed by atoms with Gasteiger partial charge in [-0.1, -0.05) is 53.7 Å². The highest BCUT2D eigenvalue weighted by molar-refractivity contribution is 7.98. The van der Waals surface area contributed by atoms with Crippen LogP contribution in [0.2, 0.25) is 0 Å². The van der Waals surface area contributed by atoms with Crippen LogP contribution in [0.4, 0.5) is 0 Å². The molecule has 5 rings (SSSR count). The minimum atomic E-state index is -0.0275. The number of fused-ring (bicyclic) bond motifs is 2. The Hall–Kier alpha value is -3.45. The molecule has 3 heterocycles. The first-order valence-electron chi connectivity index (χ1n) is 9.64. The molecule has 3 aromatic heterocycles. The highest BCUT2D eigenvalue weighted by Crippen LogP contribution is 2.23. The molecule has 0 atom stereocenters. The predicted octanol–water partition coefficient (Wildman–Crippen LogP) is 4.09. The minimum Gasteiger partial charge on any atom is -0.291 e. The number of hydrogen-bond acceptors (Lipinski definition) is 5. The molecule has 0 amide bonds. The first-order chi connectivity index (χ1) is 14.7. The molecule has 5 aromatic rings. The lowest BCUT2D eigenvalue weighted by atomic mass is 10.1. The number of hydrogen-bond donors (Lipinski definition) is 0. The van der Waals surface area contributed by atoms with E-state index in [4.69, 9.17) is 4.98 Å². The van der Waals surface area contributed by atoms with Gasteiger partial charge in [-0.3, -0.25) is 13.8 Å². The molecule has 0 spiro atoms. The first kappa shape index (κ1) is 18.6. The van der Waals surface area contributed by atoms with E-state index in [1.54, 1.807) is 10.8 Å². The molecule has 0 unspecified atom stereocenters. The van der Waals surface area contributed by atoms with E-state index < -0.39 is 0 Å². The Labute approximate surface area is 177 Å². The summed E-state index contributed by atoms with van der Waals surface area (Å²) in [6.07, 6.45) is 5.60. The second-order valence-electron chi connectivity index (χ2n) is 7.14. The van der Waals surface area contributed by atoms with Crippen molar-refractivity contribution in [2.75, 3.05) is 0 Å². The topological polar surface area (TPSA) is 65.1 Å². The van der Waals surface area contributed by atoms with Crippen LogP contribution >= 0.6 is 11.8 Å². The SMILES string of the molecule is Cc1ccc(Cn2c(SCc3cn4cccnc4n3)nc3ccccc3c2=O)cc1. The summed E-state index contributed by atoms with van der Waals surface area (Å²) in [5.74, 6) is 1.26. The molecule has 0 saturated carbocycles. The average Bonchev–Trinajstić information content (AvgIpc) is 3.19. The van der Waals surface area contributed by atoms with Crippen molar-refractivity contribution in [1.82, 2.24) is 23.9 Å². The number of rotatable bonds is 5. The molecule has 0 bridgehead atoms. The Bertz CT molecular complexity index is 1370. The van der Waals surface area contributed by atoms with Gasteiger partial charge in [-0.25, -0.2) is 15.0 Å². The lowest BCUT2D eigenvalue weighted by molar-refractivity contribution is 0.658. The van der Waals surface area contributed by atoms with E-state index in [1.807, 2.05) is 47.1 Å². The van der Waals surface area contributed by atoms with Crippen molar-refractivity contribution >= 4 is 28.4 Å². The number of aromatic nitrogens is 5. The van der Waals surface area contributed by atoms with Gasteiger partial charge in [0.1, 0.15) is 0 Å². The normalized spacial score (nSPS) is 11.4. The second-order valence-corrected chi connectivity index (χ2v) is 8.08. The molecule has 0 radical (unpaired) electrons. The molecule has 0 fully saturated rings. The average molecular weight is 414 g/mol. The fourth-order valence-electron chi connectivity index (χ4n) is 3.36. The number of nitrogens with zero attached hydrogens (tertiary/aromatic N) is 5. The Morgan fingerprint density at radius 1 is 1.00 bits per heavy atom. The van der Waals surface area contributed by atoms with E-state index in [2.05, 4.69) is 41.2 Å². The summed E-state index contributed by atoms with van der Waals surface area (Å²) in [4.78, 5) is 26.9. The Kier molecular flexibility index (Phi) is 4.80. The summed E-state index contributed by atoms with van der Waals surface area (Å²) >= 11 is 1.52. The molecular formula is C23H19N5OS. The quantitative estimate of drug-likeness (QED) is 0.321. The number of thioether (sulfide) groups is 1. The van der Waals surface area contributed by atoms with E-state index in [9.17, 15) is 4.79 Å². The monoisotopic (exact) mass is 413 g/mol. The summed E-state index contributed by atoms with van der Waals surface area (Å²) < 4.78 is 3.65. The standard InChI is InChI=1S/C23H19N5OS/c1-16-7-9-17(10-8-16)13-28-21(29)19-5-2-3-6-20(19)26-23(28)30-15-18-14-27-12-4-11-24-22(27)25-18/h2-12,14H,13,15H2,1H3. The summed E-state index contributed by atoms with van der Waals surface area (Å²) in [6, 6.07) is 17.6. The van der Waals surface area contributed by atoms with Crippen LogP contribution in [0.15, 0.2) is 83.1 Å². The number of imidazole rings is 1. The number of para-hydroxylation sites is 1. The zero-order valence-electron chi connectivity index (χ0n) is 16.4. The van der Waals surface area contributed by atoms with Gasteiger partial charge in [0.2, 0.25) is 5.78 Å². The Balaban J connectivity index is 1.53. The van der Waals surface area contributed by atoms with Crippen molar-refractivity contribution in [3.05, 3.63) is 100 Å². The third-order valence-corrected chi connectivity index (χ3v) is 5.93. The van der Waals surface area contributed by atoms with Gasteiger partial charge in [0.25, 0.3) is 5.56 Å². The maximum atomic E-state index is 13.3. The smallest absolute Gasteiger partial charge is 0.262 e. The van der Waals surface area contributed by atoms with Crippen LogP contribution in [0.3, 0.4) is 0 Å². The molecule has 2 aromatic carbocycles. The van der Waals surface area contributed by atoms with E-state index in [-0.39, 0.29) is 5.56 Å². The molecule has 0 aliphatic rings. The van der Waals surface area contributed by atoms with E-state index in [0.29, 0.717) is 34.1 Å². The fraction of sp³-hybridized carbons (Fsp3) is 0.130. The third-order valence-electron chi connectivity index (χ3n) is 4.92. The maximum Gasteiger partial charge on any atom is 0.262 e. The molecular weight excluding hydrogens is 394 g/mol. The minimum absolute atomic E-state index is 0.0275. The molecule has 0 N–H and O–H groups in total. The van der Waals surface area contributed by atoms with Crippen molar-refractivity contribution in [1.29, 1.82) is 0 Å². The Morgan fingerprint density at radius 2 is 1.83 bits per heavy atom. The molecule has 0 aliphatic carbocycles. The van der Waals surface area contributed by atoms with Crippen molar-refractivity contribution in [2.45, 2.75) is 24.4 Å². The fourth-order valence-corrected chi connectivity index (χ4v) is 4.24. The van der Waals surface area contributed by atoms with Crippen LogP contribution in [0.25, 0.3) is 16.7 Å². The zero-order chi connectivity index (χ0) is 20.5. The molecule has 7 heteroatoms. The molecule has 148 valence electrons. The maximum absolute atomic E-state index is 13.3. The van der Waals surface area contributed by atoms with Crippen molar-refractivity contribution < 1.29 is 0 Å². The number of benzene rings is 2. The lowest BCUT2D eigenvalue weighted by Gasteiger charge is -2.13. The molecule has 0 aliphatic heterocycles. The van der Waals surface area contributed by atoms with Gasteiger partial charge in [0.15, 0.2) is 5.16 Å². The van der Waals surface area contributed by atoms with Crippen LogP contribution in [0, 0.1) is 6.92 Å².